The fraction of sp³-hybridized carbons (Fsp3) is 0.273. The number of aliphatic carboxylic acids is 1. The summed E-state index contributed by atoms with van der Waals surface area (Å²) >= 11 is 1.40. The van der Waals surface area contributed by atoms with Gasteiger partial charge in [0, 0.05) is 10.3 Å². The highest BCUT2D eigenvalue weighted by molar-refractivity contribution is 7.07. The summed E-state index contributed by atoms with van der Waals surface area (Å²) in [5.41, 5.74) is 0.954. The van der Waals surface area contributed by atoms with E-state index in [9.17, 15) is 4.79 Å². The Bertz CT molecular complexity index is 492. The molecular formula is C11H11NO2S. The lowest BCUT2D eigenvalue weighted by Gasteiger charge is -2.02. The molecule has 1 unspecified atom stereocenters. The van der Waals surface area contributed by atoms with E-state index in [2.05, 4.69) is 4.37 Å². The maximum atomic E-state index is 10.7. The lowest BCUT2D eigenvalue weighted by Crippen LogP contribution is -2.11. The van der Waals surface area contributed by atoms with E-state index in [1.54, 1.807) is 6.92 Å². The largest absolute Gasteiger partial charge is 0.481 e. The Morgan fingerprint density at radius 2 is 2.27 bits per heavy atom. The van der Waals surface area contributed by atoms with Gasteiger partial charge in [-0.15, -0.1) is 0 Å². The molecule has 0 spiro atoms. The fourth-order valence-electron chi connectivity index (χ4n) is 1.46. The van der Waals surface area contributed by atoms with E-state index in [0.29, 0.717) is 6.42 Å². The molecule has 15 heavy (non-hydrogen) atoms. The molecule has 0 aliphatic carbocycles. The lowest BCUT2D eigenvalue weighted by atomic mass is 10.1. The number of hydrogen-bond acceptors (Lipinski definition) is 3. The molecule has 1 atom stereocenters. The highest BCUT2D eigenvalue weighted by Crippen LogP contribution is 2.24. The number of nitrogens with zero attached hydrogens (tertiary/aromatic N) is 1. The minimum atomic E-state index is -0.757. The molecule has 2 rings (SSSR count). The molecule has 0 aliphatic heterocycles. The zero-order valence-electron chi connectivity index (χ0n) is 8.30. The predicted molar refractivity (Wildman–Crippen MR) is 60.1 cm³/mol. The van der Waals surface area contributed by atoms with E-state index in [1.807, 2.05) is 24.3 Å². The van der Waals surface area contributed by atoms with Gasteiger partial charge in [-0.2, -0.15) is 4.37 Å². The van der Waals surface area contributed by atoms with Crippen LogP contribution >= 0.6 is 11.5 Å². The first-order chi connectivity index (χ1) is 7.18. The summed E-state index contributed by atoms with van der Waals surface area (Å²) in [5, 5.41) is 9.92. The maximum absolute atomic E-state index is 10.7. The molecule has 4 heteroatoms. The topological polar surface area (TPSA) is 50.2 Å². The minimum Gasteiger partial charge on any atom is -0.481 e. The van der Waals surface area contributed by atoms with E-state index in [0.717, 1.165) is 15.8 Å². The number of carboxylic acids is 1. The van der Waals surface area contributed by atoms with Crippen molar-refractivity contribution < 1.29 is 9.90 Å². The summed E-state index contributed by atoms with van der Waals surface area (Å²) in [6, 6.07) is 7.82. The van der Waals surface area contributed by atoms with Crippen LogP contribution in [0.5, 0.6) is 0 Å². The Morgan fingerprint density at radius 3 is 3.00 bits per heavy atom. The molecule has 78 valence electrons. The van der Waals surface area contributed by atoms with Crippen molar-refractivity contribution in [1.82, 2.24) is 4.37 Å². The standard InChI is InChI=1S/C11H11NO2S/c1-7(11(13)14)6-10-8-4-2-3-5-9(8)12-15-10/h2-5,7H,6H2,1H3,(H,13,14). The van der Waals surface area contributed by atoms with Crippen LogP contribution in [0.1, 0.15) is 11.8 Å². The van der Waals surface area contributed by atoms with Gasteiger partial charge in [0.1, 0.15) is 0 Å². The predicted octanol–water partition coefficient (Wildman–Crippen LogP) is 2.56. The molecule has 1 N–H and O–H groups in total. The summed E-state index contributed by atoms with van der Waals surface area (Å²) in [4.78, 5) is 11.8. The highest BCUT2D eigenvalue weighted by Gasteiger charge is 2.15. The van der Waals surface area contributed by atoms with Crippen LogP contribution in [-0.4, -0.2) is 15.4 Å². The first-order valence-electron chi connectivity index (χ1n) is 4.74. The normalized spacial score (nSPS) is 12.9. The molecule has 0 bridgehead atoms. The second-order valence-electron chi connectivity index (χ2n) is 3.57. The minimum absolute atomic E-state index is 0.353. The van der Waals surface area contributed by atoms with E-state index < -0.39 is 5.97 Å². The first-order valence-corrected chi connectivity index (χ1v) is 5.52. The van der Waals surface area contributed by atoms with Crippen LogP contribution in [0.15, 0.2) is 24.3 Å². The number of fused-ring (bicyclic) bond motifs is 1. The molecule has 0 radical (unpaired) electrons. The summed E-state index contributed by atoms with van der Waals surface area (Å²) in [7, 11) is 0. The number of hydrogen-bond donors (Lipinski definition) is 1. The van der Waals surface area contributed by atoms with Gasteiger partial charge in [-0.1, -0.05) is 25.1 Å². The molecule has 1 heterocycles. The molecule has 0 fully saturated rings. The number of aromatic nitrogens is 1. The van der Waals surface area contributed by atoms with Gasteiger partial charge in [-0.05, 0) is 24.0 Å². The van der Waals surface area contributed by atoms with Crippen LogP contribution in [0.2, 0.25) is 0 Å². The first kappa shape index (κ1) is 10.1. The van der Waals surface area contributed by atoms with Crippen molar-refractivity contribution in [2.24, 2.45) is 5.92 Å². The Hall–Kier alpha value is -1.42. The number of carboxylic acid groups (broad SMARTS) is 1. The number of carbonyl (C=O) groups is 1. The lowest BCUT2D eigenvalue weighted by molar-refractivity contribution is -0.141. The van der Waals surface area contributed by atoms with Gasteiger partial charge >= 0.3 is 5.97 Å². The SMILES string of the molecule is CC(Cc1snc2ccccc12)C(=O)O. The highest BCUT2D eigenvalue weighted by atomic mass is 32.1. The van der Waals surface area contributed by atoms with Crippen molar-refractivity contribution in [3.05, 3.63) is 29.1 Å². The third-order valence-corrected chi connectivity index (χ3v) is 3.27. The van der Waals surface area contributed by atoms with Crippen LogP contribution < -0.4 is 0 Å². The molecule has 0 saturated heterocycles. The van der Waals surface area contributed by atoms with Gasteiger partial charge in [0.05, 0.1) is 11.4 Å². The Kier molecular flexibility index (Phi) is 2.68. The van der Waals surface area contributed by atoms with Crippen molar-refractivity contribution in [3.8, 4) is 0 Å². The molecule has 1 aromatic heterocycles. The van der Waals surface area contributed by atoms with Gasteiger partial charge in [-0.25, -0.2) is 0 Å². The number of benzene rings is 1. The van der Waals surface area contributed by atoms with Crippen LogP contribution in [0, 0.1) is 5.92 Å². The van der Waals surface area contributed by atoms with Gasteiger partial charge in [0.15, 0.2) is 0 Å². The van der Waals surface area contributed by atoms with Crippen LogP contribution in [0.3, 0.4) is 0 Å². The molecule has 2 aromatic rings. The van der Waals surface area contributed by atoms with Crippen molar-refractivity contribution in [1.29, 1.82) is 0 Å². The van der Waals surface area contributed by atoms with E-state index >= 15 is 0 Å². The molecule has 0 saturated carbocycles. The van der Waals surface area contributed by atoms with Crippen molar-refractivity contribution in [2.45, 2.75) is 13.3 Å². The average molecular weight is 221 g/mol. The zero-order chi connectivity index (χ0) is 10.8. The Balaban J connectivity index is 2.32. The second-order valence-corrected chi connectivity index (χ2v) is 4.42. The maximum Gasteiger partial charge on any atom is 0.306 e. The zero-order valence-corrected chi connectivity index (χ0v) is 9.12. The van der Waals surface area contributed by atoms with Crippen molar-refractivity contribution in [2.75, 3.05) is 0 Å². The third-order valence-electron chi connectivity index (χ3n) is 2.37. The van der Waals surface area contributed by atoms with Gasteiger partial charge in [0.25, 0.3) is 0 Å². The Morgan fingerprint density at radius 1 is 1.53 bits per heavy atom. The second kappa shape index (κ2) is 3.98. The van der Waals surface area contributed by atoms with E-state index in [4.69, 9.17) is 5.11 Å². The van der Waals surface area contributed by atoms with Crippen LogP contribution in [-0.2, 0) is 11.2 Å². The van der Waals surface area contributed by atoms with E-state index in [-0.39, 0.29) is 5.92 Å². The summed E-state index contributed by atoms with van der Waals surface area (Å²) in [5.74, 6) is -1.11. The third kappa shape index (κ3) is 1.99. The number of rotatable bonds is 3. The Labute approximate surface area is 91.5 Å². The monoisotopic (exact) mass is 221 g/mol. The van der Waals surface area contributed by atoms with Crippen molar-refractivity contribution >= 4 is 28.4 Å². The molecular weight excluding hydrogens is 210 g/mol. The molecule has 0 amide bonds. The summed E-state index contributed by atoms with van der Waals surface area (Å²) in [6.45, 7) is 1.72. The smallest absolute Gasteiger partial charge is 0.306 e. The molecule has 0 aliphatic rings. The van der Waals surface area contributed by atoms with Gasteiger partial charge in [-0.3, -0.25) is 4.79 Å². The summed E-state index contributed by atoms with van der Waals surface area (Å²) < 4.78 is 4.28. The summed E-state index contributed by atoms with van der Waals surface area (Å²) in [6.07, 6.45) is 0.556. The van der Waals surface area contributed by atoms with E-state index in [1.165, 1.54) is 11.5 Å². The molecule has 1 aromatic carbocycles. The van der Waals surface area contributed by atoms with Crippen LogP contribution in [0.4, 0.5) is 0 Å². The quantitative estimate of drug-likeness (QED) is 0.866. The molecule has 3 nitrogen and oxygen atoms in total. The van der Waals surface area contributed by atoms with Gasteiger partial charge in [0.2, 0.25) is 0 Å². The average Bonchev–Trinajstić information content (AvgIpc) is 2.62. The van der Waals surface area contributed by atoms with Crippen LogP contribution in [0.25, 0.3) is 10.9 Å². The van der Waals surface area contributed by atoms with Gasteiger partial charge < -0.3 is 5.11 Å². The van der Waals surface area contributed by atoms with Crippen molar-refractivity contribution in [3.63, 3.8) is 0 Å². The fourth-order valence-corrected chi connectivity index (χ4v) is 2.42.